The zero-order valence-electron chi connectivity index (χ0n) is 18.7. The maximum atomic E-state index is 13.4. The fourth-order valence-electron chi connectivity index (χ4n) is 5.12. The summed E-state index contributed by atoms with van der Waals surface area (Å²) in [4.78, 5) is 53.8. The second kappa shape index (κ2) is 9.74. The van der Waals surface area contributed by atoms with Crippen molar-refractivity contribution in [3.05, 3.63) is 62.3 Å². The highest BCUT2D eigenvalue weighted by molar-refractivity contribution is 6.01. The summed E-state index contributed by atoms with van der Waals surface area (Å²) < 4.78 is 2.55. The number of nitrogens with two attached hydrogens (primary N) is 2. The van der Waals surface area contributed by atoms with Crippen LogP contribution < -0.4 is 22.7 Å². The summed E-state index contributed by atoms with van der Waals surface area (Å²) in [5.74, 6) is -1.09. The lowest BCUT2D eigenvalue weighted by molar-refractivity contribution is -0.124. The number of rotatable bonds is 7. The Labute approximate surface area is 192 Å². The first-order chi connectivity index (χ1) is 15.9. The molecule has 1 aliphatic heterocycles. The Morgan fingerprint density at radius 3 is 2.30 bits per heavy atom. The number of hydrogen-bond donors (Lipinski definition) is 2. The van der Waals surface area contributed by atoms with Gasteiger partial charge in [-0.2, -0.15) is 0 Å². The molecule has 2 aliphatic rings. The third kappa shape index (κ3) is 4.64. The molecule has 1 saturated carbocycles. The molecule has 0 radical (unpaired) electrons. The quantitative estimate of drug-likeness (QED) is 0.607. The third-order valence-electron chi connectivity index (χ3n) is 6.86. The fourth-order valence-corrected chi connectivity index (χ4v) is 5.12. The topological polar surface area (TPSA) is 133 Å². The van der Waals surface area contributed by atoms with Crippen molar-refractivity contribution in [3.63, 3.8) is 0 Å². The smallest absolute Gasteiger partial charge is 0.333 e. The Kier molecular flexibility index (Phi) is 6.78. The molecule has 4 rings (SSSR count). The zero-order valence-corrected chi connectivity index (χ0v) is 18.7. The van der Waals surface area contributed by atoms with E-state index in [1.54, 1.807) is 4.90 Å². The van der Waals surface area contributed by atoms with E-state index in [0.29, 0.717) is 25.8 Å². The van der Waals surface area contributed by atoms with Crippen LogP contribution in [0.4, 0.5) is 5.82 Å². The van der Waals surface area contributed by atoms with Gasteiger partial charge in [-0.15, -0.1) is 0 Å². The van der Waals surface area contributed by atoms with Gasteiger partial charge < -0.3 is 11.5 Å². The maximum absolute atomic E-state index is 13.4. The van der Waals surface area contributed by atoms with Crippen LogP contribution in [0, 0.1) is 0 Å². The van der Waals surface area contributed by atoms with Gasteiger partial charge in [0.2, 0.25) is 5.91 Å². The van der Waals surface area contributed by atoms with E-state index in [1.165, 1.54) is 9.13 Å². The van der Waals surface area contributed by atoms with Crippen molar-refractivity contribution in [2.45, 2.75) is 63.6 Å². The molecule has 1 unspecified atom stereocenters. The number of carbonyl (C=O) groups excluding carboxylic acids is 2. The van der Waals surface area contributed by atoms with Crippen LogP contribution in [0.15, 0.2) is 39.9 Å². The minimum Gasteiger partial charge on any atom is -0.384 e. The predicted octanol–water partition coefficient (Wildman–Crippen LogP) is 1.28. The van der Waals surface area contributed by atoms with Gasteiger partial charge in [0.25, 0.3) is 5.56 Å². The van der Waals surface area contributed by atoms with Crippen LogP contribution in [-0.4, -0.2) is 44.9 Å². The highest BCUT2D eigenvalue weighted by Gasteiger charge is 2.32. The molecule has 0 bridgehead atoms. The van der Waals surface area contributed by atoms with Crippen molar-refractivity contribution in [1.82, 2.24) is 14.0 Å². The van der Waals surface area contributed by atoms with Gasteiger partial charge in [-0.25, -0.2) is 4.79 Å². The van der Waals surface area contributed by atoms with Crippen molar-refractivity contribution >= 4 is 17.5 Å². The third-order valence-corrected chi connectivity index (χ3v) is 6.86. The lowest BCUT2D eigenvalue weighted by Gasteiger charge is -2.33. The SMILES string of the molecule is NC(=O)C1CCCCN1CC(=O)c1c(N)n(Cc2ccccc2)c(=O)n(C2CCCC2)c1=O. The molecular weight excluding hydrogens is 422 g/mol. The van der Waals surface area contributed by atoms with E-state index in [-0.39, 0.29) is 30.5 Å². The number of Topliss-reactive ketones (excluding diaryl/α,β-unsaturated/α-hetero) is 1. The number of anilines is 1. The molecule has 1 aromatic carbocycles. The molecule has 9 nitrogen and oxygen atoms in total. The molecule has 1 amide bonds. The largest absolute Gasteiger partial charge is 0.384 e. The summed E-state index contributed by atoms with van der Waals surface area (Å²) in [6.45, 7) is 0.563. The molecule has 2 fully saturated rings. The van der Waals surface area contributed by atoms with E-state index in [4.69, 9.17) is 11.5 Å². The van der Waals surface area contributed by atoms with E-state index < -0.39 is 29.0 Å². The first-order valence-corrected chi connectivity index (χ1v) is 11.6. The van der Waals surface area contributed by atoms with Gasteiger partial charge in [0.05, 0.1) is 19.1 Å². The number of aromatic nitrogens is 2. The Morgan fingerprint density at radius 1 is 0.970 bits per heavy atom. The van der Waals surface area contributed by atoms with Crippen LogP contribution in [0.5, 0.6) is 0 Å². The van der Waals surface area contributed by atoms with Crippen LogP contribution in [-0.2, 0) is 11.3 Å². The normalized spacial score (nSPS) is 19.6. The maximum Gasteiger partial charge on any atom is 0.333 e. The summed E-state index contributed by atoms with van der Waals surface area (Å²) in [6.07, 6.45) is 5.57. The van der Waals surface area contributed by atoms with Crippen LogP contribution in [0.2, 0.25) is 0 Å². The molecule has 4 N–H and O–H groups in total. The predicted molar refractivity (Wildman–Crippen MR) is 125 cm³/mol. The Hall–Kier alpha value is -3.20. The van der Waals surface area contributed by atoms with E-state index >= 15 is 0 Å². The van der Waals surface area contributed by atoms with E-state index in [9.17, 15) is 19.2 Å². The monoisotopic (exact) mass is 453 g/mol. The van der Waals surface area contributed by atoms with Crippen molar-refractivity contribution in [2.24, 2.45) is 5.73 Å². The molecule has 176 valence electrons. The molecule has 1 saturated heterocycles. The number of amides is 1. The minimum atomic E-state index is -0.633. The molecule has 1 aromatic heterocycles. The van der Waals surface area contributed by atoms with Crippen LogP contribution >= 0.6 is 0 Å². The summed E-state index contributed by atoms with van der Waals surface area (Å²) in [7, 11) is 0. The lowest BCUT2D eigenvalue weighted by atomic mass is 10.0. The number of likely N-dealkylation sites (tertiary alicyclic amines) is 1. The average Bonchev–Trinajstić information content (AvgIpc) is 3.32. The molecule has 33 heavy (non-hydrogen) atoms. The van der Waals surface area contributed by atoms with Gasteiger partial charge in [0.15, 0.2) is 5.78 Å². The number of primary amides is 1. The highest BCUT2D eigenvalue weighted by Crippen LogP contribution is 2.28. The number of benzene rings is 1. The molecule has 9 heteroatoms. The van der Waals surface area contributed by atoms with Gasteiger partial charge >= 0.3 is 5.69 Å². The summed E-state index contributed by atoms with van der Waals surface area (Å²) in [5.41, 5.74) is 11.4. The molecule has 2 heterocycles. The number of carbonyl (C=O) groups is 2. The molecule has 1 aliphatic carbocycles. The van der Waals surface area contributed by atoms with E-state index in [1.807, 2.05) is 30.3 Å². The summed E-state index contributed by atoms with van der Waals surface area (Å²) in [5, 5.41) is 0. The van der Waals surface area contributed by atoms with Crippen LogP contribution in [0.3, 0.4) is 0 Å². The van der Waals surface area contributed by atoms with Crippen LogP contribution in [0.1, 0.15) is 66.9 Å². The highest BCUT2D eigenvalue weighted by atomic mass is 16.2. The fraction of sp³-hybridized carbons (Fsp3) is 0.500. The number of nitrogen functional groups attached to an aromatic ring is 1. The summed E-state index contributed by atoms with van der Waals surface area (Å²) >= 11 is 0. The minimum absolute atomic E-state index is 0.124. The second-order valence-electron chi connectivity index (χ2n) is 9.04. The number of hydrogen-bond acceptors (Lipinski definition) is 6. The van der Waals surface area contributed by atoms with Gasteiger partial charge in [0.1, 0.15) is 11.4 Å². The molecular formula is C24H31N5O4. The van der Waals surface area contributed by atoms with E-state index in [2.05, 4.69) is 0 Å². The van der Waals surface area contributed by atoms with E-state index in [0.717, 1.165) is 31.2 Å². The molecule has 0 spiro atoms. The molecule has 1 atom stereocenters. The summed E-state index contributed by atoms with van der Waals surface area (Å²) in [6, 6.07) is 8.53. The average molecular weight is 454 g/mol. The number of nitrogens with zero attached hydrogens (tertiary/aromatic N) is 3. The van der Waals surface area contributed by atoms with Crippen molar-refractivity contribution in [3.8, 4) is 0 Å². The number of ketones is 1. The zero-order chi connectivity index (χ0) is 23.5. The number of piperidine rings is 1. The van der Waals surface area contributed by atoms with Crippen molar-refractivity contribution in [1.29, 1.82) is 0 Å². The lowest BCUT2D eigenvalue weighted by Crippen LogP contribution is -2.51. The van der Waals surface area contributed by atoms with Crippen molar-refractivity contribution in [2.75, 3.05) is 18.8 Å². The van der Waals surface area contributed by atoms with Crippen molar-refractivity contribution < 1.29 is 9.59 Å². The Balaban J connectivity index is 1.77. The Bertz CT molecular complexity index is 1150. The standard InChI is InChI=1S/C24H31N5O4/c25-21-20(19(30)15-27-13-7-6-12-18(27)22(26)31)23(32)29(17-10-4-5-11-17)24(33)28(21)14-16-8-2-1-3-9-16/h1-3,8-9,17-18H,4-7,10-15,25H2,(H2,26,31). The van der Waals surface area contributed by atoms with Gasteiger partial charge in [-0.3, -0.25) is 28.4 Å². The first kappa shape index (κ1) is 23.0. The first-order valence-electron chi connectivity index (χ1n) is 11.6. The Morgan fingerprint density at radius 2 is 1.64 bits per heavy atom. The van der Waals surface area contributed by atoms with Gasteiger partial charge in [-0.05, 0) is 37.8 Å². The molecule has 2 aromatic rings. The van der Waals surface area contributed by atoms with Gasteiger partial charge in [-0.1, -0.05) is 49.6 Å². The second-order valence-corrected chi connectivity index (χ2v) is 9.04. The van der Waals surface area contributed by atoms with Gasteiger partial charge in [0, 0.05) is 6.04 Å². The van der Waals surface area contributed by atoms with Crippen LogP contribution in [0.25, 0.3) is 0 Å².